The van der Waals surface area contributed by atoms with Crippen molar-refractivity contribution in [2.24, 2.45) is 23.5 Å². The second-order valence-electron chi connectivity index (χ2n) is 20.0. The molecule has 440 valence electrons. The highest BCUT2D eigenvalue weighted by molar-refractivity contribution is 5.86. The Balaban J connectivity index is 4.49. The molecular weight excluding hydrogens is 999 g/mol. The van der Waals surface area contributed by atoms with Gasteiger partial charge in [-0.25, -0.2) is 4.79 Å². The molecular formula is C62H97NO15. The Morgan fingerprint density at radius 3 is 1.45 bits per heavy atom. The van der Waals surface area contributed by atoms with Gasteiger partial charge in [-0.2, -0.15) is 0 Å². The van der Waals surface area contributed by atoms with Crippen LogP contribution in [-0.2, 0) is 9.59 Å². The predicted octanol–water partition coefficient (Wildman–Crippen LogP) is 5.92. The lowest BCUT2D eigenvalue weighted by molar-refractivity contribution is -0.132. The molecule has 0 bridgehead atoms. The monoisotopic (exact) mass is 1100 g/mol. The van der Waals surface area contributed by atoms with Crippen LogP contribution < -0.4 is 5.73 Å². The second kappa shape index (κ2) is 46.0. The Hall–Kier alpha value is -4.76. The molecule has 0 radical (unpaired) electrons. The third-order valence-corrected chi connectivity index (χ3v) is 12.6. The Morgan fingerprint density at radius 1 is 0.462 bits per heavy atom. The number of carbonyl (C=O) groups excluding carboxylic acids is 1. The summed E-state index contributed by atoms with van der Waals surface area (Å²) in [5.74, 6) is -2.60. The number of Topliss-reactive ketones (excluding diaryl/α,β-unsaturated/α-hetero) is 1. The summed E-state index contributed by atoms with van der Waals surface area (Å²) in [5, 5.41) is 133. The number of ketones is 1. The summed E-state index contributed by atoms with van der Waals surface area (Å²) in [7, 11) is 0. The first kappa shape index (κ1) is 73.2. The van der Waals surface area contributed by atoms with Crippen LogP contribution in [0.2, 0.25) is 0 Å². The van der Waals surface area contributed by atoms with Gasteiger partial charge in [0.05, 0.1) is 73.2 Å². The van der Waals surface area contributed by atoms with Gasteiger partial charge in [0.25, 0.3) is 0 Å². The van der Waals surface area contributed by atoms with Crippen LogP contribution in [0.5, 0.6) is 0 Å². The van der Waals surface area contributed by atoms with E-state index >= 15 is 0 Å². The largest absolute Gasteiger partial charge is 0.478 e. The average molecular weight is 1100 g/mol. The Labute approximate surface area is 464 Å². The molecule has 16 heteroatoms. The van der Waals surface area contributed by atoms with Crippen molar-refractivity contribution in [2.45, 2.75) is 191 Å². The SMILES string of the molecule is C\C(=C/C=C/C=C/CC/C=C/C(C)[C@@H](O)[C@H](C)[C@@H](O)/C=C/C=C/C=C/C=C/C=C/C=C/CC(O)C(C)C(=O)C[C@H](O)C[C@H](O)/C=C/C[C@H](O)C[C@H](O)C[C@@H](O)/C=C/C[C@H](O)C[C@@H](O)/C=C/C[C@H](O)C[C@H](O)CCCN)C(=O)O. The van der Waals surface area contributed by atoms with Crippen LogP contribution in [0.15, 0.2) is 157 Å². The Kier molecular flexibility index (Phi) is 43.2. The van der Waals surface area contributed by atoms with E-state index in [0.29, 0.717) is 19.4 Å². The summed E-state index contributed by atoms with van der Waals surface area (Å²) >= 11 is 0. The molecule has 0 aliphatic rings. The number of allylic oxidation sites excluding steroid dienone is 16. The van der Waals surface area contributed by atoms with E-state index < -0.39 is 85.1 Å². The number of aliphatic hydroxyl groups is 12. The minimum Gasteiger partial charge on any atom is -0.478 e. The maximum atomic E-state index is 12.8. The first-order valence-corrected chi connectivity index (χ1v) is 27.4. The van der Waals surface area contributed by atoms with Crippen molar-refractivity contribution in [1.82, 2.24) is 0 Å². The number of hydrogen-bond acceptors (Lipinski definition) is 15. The van der Waals surface area contributed by atoms with Crippen molar-refractivity contribution < 1.29 is 76.0 Å². The number of aliphatic carboxylic acids is 1. The van der Waals surface area contributed by atoms with Crippen LogP contribution in [0.4, 0.5) is 0 Å². The molecule has 15 atom stereocenters. The van der Waals surface area contributed by atoms with Crippen LogP contribution in [-0.4, -0.2) is 158 Å². The third kappa shape index (κ3) is 40.4. The van der Waals surface area contributed by atoms with Crippen LogP contribution in [0.3, 0.4) is 0 Å². The highest BCUT2D eigenvalue weighted by Gasteiger charge is 2.25. The van der Waals surface area contributed by atoms with Gasteiger partial charge in [-0.15, -0.1) is 0 Å². The maximum absolute atomic E-state index is 12.8. The van der Waals surface area contributed by atoms with Gasteiger partial charge in [-0.1, -0.05) is 173 Å². The van der Waals surface area contributed by atoms with E-state index in [4.69, 9.17) is 10.8 Å². The van der Waals surface area contributed by atoms with Crippen molar-refractivity contribution in [3.05, 3.63) is 157 Å². The smallest absolute Gasteiger partial charge is 0.331 e. The maximum Gasteiger partial charge on any atom is 0.331 e. The minimum atomic E-state index is -1.17. The van der Waals surface area contributed by atoms with Crippen molar-refractivity contribution >= 4 is 11.8 Å². The number of carboxylic acid groups (broad SMARTS) is 1. The fourth-order valence-electron chi connectivity index (χ4n) is 7.63. The van der Waals surface area contributed by atoms with E-state index in [1.54, 1.807) is 80.7 Å². The lowest BCUT2D eigenvalue weighted by Gasteiger charge is -2.25. The Bertz CT molecular complexity index is 2000. The second-order valence-corrected chi connectivity index (χ2v) is 20.0. The molecule has 0 saturated heterocycles. The van der Waals surface area contributed by atoms with Crippen LogP contribution in [0.25, 0.3) is 0 Å². The molecule has 0 aromatic heterocycles. The summed E-state index contributed by atoms with van der Waals surface area (Å²) in [4.78, 5) is 23.5. The zero-order valence-corrected chi connectivity index (χ0v) is 46.4. The van der Waals surface area contributed by atoms with Gasteiger partial charge in [0.1, 0.15) is 5.78 Å². The summed E-state index contributed by atoms with van der Waals surface area (Å²) < 4.78 is 0. The van der Waals surface area contributed by atoms with Crippen LogP contribution in [0, 0.1) is 17.8 Å². The summed E-state index contributed by atoms with van der Waals surface area (Å²) in [6.07, 6.45) is 34.8. The molecule has 0 aromatic rings. The molecule has 0 aliphatic carbocycles. The summed E-state index contributed by atoms with van der Waals surface area (Å²) in [6.45, 7) is 7.27. The quantitative estimate of drug-likeness (QED) is 0.0146. The van der Waals surface area contributed by atoms with Gasteiger partial charge in [0, 0.05) is 49.0 Å². The number of carboxylic acids is 1. The molecule has 0 heterocycles. The minimum absolute atomic E-state index is 0.0233. The fraction of sp³-hybridized carbons (Fsp3) is 0.548. The molecule has 0 fully saturated rings. The highest BCUT2D eigenvalue weighted by atomic mass is 16.4. The zero-order valence-electron chi connectivity index (χ0n) is 46.4. The first-order valence-electron chi connectivity index (χ1n) is 27.4. The van der Waals surface area contributed by atoms with E-state index in [0.717, 1.165) is 12.8 Å². The van der Waals surface area contributed by atoms with Gasteiger partial charge in [0.15, 0.2) is 0 Å². The van der Waals surface area contributed by atoms with E-state index in [1.165, 1.54) is 43.4 Å². The third-order valence-electron chi connectivity index (χ3n) is 12.6. The first-order chi connectivity index (χ1) is 37.1. The number of aliphatic hydroxyl groups excluding tert-OH is 12. The number of nitrogens with two attached hydrogens (primary N) is 1. The highest BCUT2D eigenvalue weighted by Crippen LogP contribution is 2.20. The van der Waals surface area contributed by atoms with Crippen molar-refractivity contribution in [3.63, 3.8) is 0 Å². The van der Waals surface area contributed by atoms with Crippen LogP contribution in [0.1, 0.15) is 118 Å². The normalized spacial score (nSPS) is 19.5. The molecule has 16 nitrogen and oxygen atoms in total. The molecule has 15 N–H and O–H groups in total. The lowest BCUT2D eigenvalue weighted by atomic mass is 9.88. The van der Waals surface area contributed by atoms with E-state index in [1.807, 2.05) is 55.5 Å². The summed E-state index contributed by atoms with van der Waals surface area (Å²) in [6, 6.07) is 0. The van der Waals surface area contributed by atoms with Crippen molar-refractivity contribution in [2.75, 3.05) is 6.54 Å². The lowest BCUT2D eigenvalue weighted by Crippen LogP contribution is -2.32. The fourth-order valence-corrected chi connectivity index (χ4v) is 7.63. The van der Waals surface area contributed by atoms with E-state index in [-0.39, 0.29) is 87.4 Å². The molecule has 0 rings (SSSR count). The molecule has 0 spiro atoms. The molecule has 0 amide bonds. The molecule has 78 heavy (non-hydrogen) atoms. The number of hydrogen-bond donors (Lipinski definition) is 14. The topological polar surface area (TPSA) is 323 Å². The van der Waals surface area contributed by atoms with Gasteiger partial charge >= 0.3 is 5.97 Å². The van der Waals surface area contributed by atoms with Crippen LogP contribution >= 0.6 is 0 Å². The number of unbranched alkanes of at least 4 members (excludes halogenated alkanes) is 1. The summed E-state index contributed by atoms with van der Waals surface area (Å²) in [5.41, 5.74) is 5.69. The zero-order chi connectivity index (χ0) is 58.7. The van der Waals surface area contributed by atoms with E-state index in [9.17, 15) is 70.9 Å². The standard InChI is InChI=1S/C62H97NO15/c1-45(27-19-15-11-10-12-16-20-28-46(2)62(77)78)61(76)48(4)59(74)37-22-18-14-9-7-5-6-8-13-17-21-36-58(73)47(3)60(75)44-57(72)43-54(69)34-25-33-53(68)42-56(71)41-52(67)32-24-31-50(65)39-49(64)29-23-30-51(66)40-55(70)35-26-38-63/h5-10,12-14,16-25,27-29,32,34,37,45,47-59,61,64-74,76H,11,15,26,30-31,33,35-36,38-44,63H2,1-4H3,(H,77,78)/b6-5+,9-7+,12-10+,13-8+,18-14+,20-16+,21-17+,27-19+,29-23+,32-24+,34-25+,37-22+,46-28+/t45?,47?,48-,49+,50+,51+,52+,53+,54-,55-,56-,57-,58?,59+,61-/m1/s1. The molecule has 0 aliphatic heterocycles. The average Bonchev–Trinajstić information content (AvgIpc) is 3.37. The van der Waals surface area contributed by atoms with Crippen molar-refractivity contribution in [3.8, 4) is 0 Å². The van der Waals surface area contributed by atoms with E-state index in [2.05, 4.69) is 0 Å². The van der Waals surface area contributed by atoms with Gasteiger partial charge in [0.2, 0.25) is 0 Å². The molecule has 0 saturated carbocycles. The number of rotatable bonds is 44. The molecule has 0 aromatic carbocycles. The van der Waals surface area contributed by atoms with Gasteiger partial charge in [-0.3, -0.25) is 4.79 Å². The van der Waals surface area contributed by atoms with Crippen molar-refractivity contribution in [1.29, 1.82) is 0 Å². The predicted molar refractivity (Wildman–Crippen MR) is 309 cm³/mol. The Morgan fingerprint density at radius 2 is 0.910 bits per heavy atom. The van der Waals surface area contributed by atoms with Gasteiger partial charge < -0.3 is 72.1 Å². The molecule has 3 unspecified atom stereocenters. The number of carbonyl (C=O) groups is 2. The van der Waals surface area contributed by atoms with Gasteiger partial charge in [-0.05, 0) is 77.7 Å².